The summed E-state index contributed by atoms with van der Waals surface area (Å²) >= 11 is 1.63. The van der Waals surface area contributed by atoms with Gasteiger partial charge in [0.25, 0.3) is 0 Å². The lowest BCUT2D eigenvalue weighted by Gasteiger charge is -2.02. The fourth-order valence-corrected chi connectivity index (χ4v) is 2.14. The molecule has 16 heavy (non-hydrogen) atoms. The van der Waals surface area contributed by atoms with Gasteiger partial charge in [0.1, 0.15) is 0 Å². The summed E-state index contributed by atoms with van der Waals surface area (Å²) in [6.45, 7) is 0. The molecule has 1 heterocycles. The standard InChI is InChI=1S/C13H10O2S/c14-13(15)6-5-10-3-1-2-4-12(10)11-7-8-16-9-11/h1-9H,(H,14,15). The van der Waals surface area contributed by atoms with Gasteiger partial charge in [-0.2, -0.15) is 11.3 Å². The predicted octanol–water partition coefficient (Wildman–Crippen LogP) is 3.51. The lowest BCUT2D eigenvalue weighted by molar-refractivity contribution is -0.131. The van der Waals surface area contributed by atoms with Crippen LogP contribution in [0.4, 0.5) is 0 Å². The Balaban J connectivity index is 2.42. The van der Waals surface area contributed by atoms with E-state index in [1.165, 1.54) is 0 Å². The second kappa shape index (κ2) is 4.77. The Bertz CT molecular complexity index is 512. The number of carbonyl (C=O) groups is 1. The first kappa shape index (κ1) is 10.6. The molecule has 0 saturated heterocycles. The molecule has 80 valence electrons. The van der Waals surface area contributed by atoms with Crippen LogP contribution >= 0.6 is 11.3 Å². The molecule has 0 radical (unpaired) electrons. The van der Waals surface area contributed by atoms with Gasteiger partial charge in [0.05, 0.1) is 0 Å². The maximum Gasteiger partial charge on any atom is 0.328 e. The summed E-state index contributed by atoms with van der Waals surface area (Å²) in [6.07, 6.45) is 2.78. The average molecular weight is 230 g/mol. The van der Waals surface area contributed by atoms with Gasteiger partial charge in [-0.25, -0.2) is 4.79 Å². The van der Waals surface area contributed by atoms with Crippen LogP contribution in [0.15, 0.2) is 47.2 Å². The zero-order valence-electron chi connectivity index (χ0n) is 8.46. The minimum absolute atomic E-state index is 0.920. The summed E-state index contributed by atoms with van der Waals surface area (Å²) in [5.74, 6) is -0.930. The van der Waals surface area contributed by atoms with E-state index >= 15 is 0 Å². The van der Waals surface area contributed by atoms with E-state index in [0.29, 0.717) is 0 Å². The van der Waals surface area contributed by atoms with Gasteiger partial charge in [-0.15, -0.1) is 0 Å². The monoisotopic (exact) mass is 230 g/mol. The lowest BCUT2D eigenvalue weighted by Crippen LogP contribution is -1.87. The molecule has 2 rings (SSSR count). The highest BCUT2D eigenvalue weighted by Gasteiger charge is 2.02. The van der Waals surface area contributed by atoms with Crippen molar-refractivity contribution in [3.63, 3.8) is 0 Å². The van der Waals surface area contributed by atoms with Gasteiger partial charge >= 0.3 is 5.97 Å². The zero-order chi connectivity index (χ0) is 11.4. The maximum atomic E-state index is 10.5. The molecule has 3 heteroatoms. The second-order valence-corrected chi connectivity index (χ2v) is 4.05. The summed E-state index contributed by atoms with van der Waals surface area (Å²) in [5.41, 5.74) is 3.10. The van der Waals surface area contributed by atoms with E-state index < -0.39 is 5.97 Å². The van der Waals surface area contributed by atoms with E-state index in [4.69, 9.17) is 5.11 Å². The Morgan fingerprint density at radius 3 is 2.75 bits per heavy atom. The van der Waals surface area contributed by atoms with Crippen molar-refractivity contribution in [1.29, 1.82) is 0 Å². The number of aliphatic carboxylic acids is 1. The number of carboxylic acid groups (broad SMARTS) is 1. The molecule has 0 aliphatic carbocycles. The molecule has 1 aromatic heterocycles. The first-order chi connectivity index (χ1) is 7.77. The summed E-state index contributed by atoms with van der Waals surface area (Å²) in [6, 6.07) is 9.77. The first-order valence-electron chi connectivity index (χ1n) is 4.80. The SMILES string of the molecule is O=C(O)C=Cc1ccccc1-c1ccsc1. The van der Waals surface area contributed by atoms with Crippen LogP contribution in [0.25, 0.3) is 17.2 Å². The van der Waals surface area contributed by atoms with Crippen LogP contribution in [0, 0.1) is 0 Å². The predicted molar refractivity (Wildman–Crippen MR) is 66.4 cm³/mol. The van der Waals surface area contributed by atoms with Crippen LogP contribution < -0.4 is 0 Å². The second-order valence-electron chi connectivity index (χ2n) is 3.27. The van der Waals surface area contributed by atoms with Crippen molar-refractivity contribution in [2.45, 2.75) is 0 Å². The van der Waals surface area contributed by atoms with Crippen LogP contribution in [0.5, 0.6) is 0 Å². The quantitative estimate of drug-likeness (QED) is 0.819. The molecule has 0 spiro atoms. The molecule has 0 saturated carbocycles. The van der Waals surface area contributed by atoms with Crippen molar-refractivity contribution in [2.75, 3.05) is 0 Å². The van der Waals surface area contributed by atoms with E-state index in [9.17, 15) is 4.79 Å². The van der Waals surface area contributed by atoms with Gasteiger partial charge in [0, 0.05) is 6.08 Å². The number of thiophene rings is 1. The number of hydrogen-bond donors (Lipinski definition) is 1. The average Bonchev–Trinajstić information content (AvgIpc) is 2.80. The third-order valence-electron chi connectivity index (χ3n) is 2.20. The number of carboxylic acids is 1. The number of rotatable bonds is 3. The third kappa shape index (κ3) is 2.38. The number of hydrogen-bond acceptors (Lipinski definition) is 2. The molecule has 0 aliphatic heterocycles. The van der Waals surface area contributed by atoms with Gasteiger partial charge < -0.3 is 5.11 Å². The van der Waals surface area contributed by atoms with Crippen molar-refractivity contribution in [2.24, 2.45) is 0 Å². The normalized spacial score (nSPS) is 10.8. The molecule has 2 aromatic rings. The van der Waals surface area contributed by atoms with E-state index in [-0.39, 0.29) is 0 Å². The summed E-state index contributed by atoms with van der Waals surface area (Å²) < 4.78 is 0. The fourth-order valence-electron chi connectivity index (χ4n) is 1.48. The highest BCUT2D eigenvalue weighted by molar-refractivity contribution is 7.08. The summed E-state index contributed by atoms with van der Waals surface area (Å²) in [7, 11) is 0. The van der Waals surface area contributed by atoms with Crippen LogP contribution in [0.3, 0.4) is 0 Å². The van der Waals surface area contributed by atoms with E-state index in [2.05, 4.69) is 0 Å². The Labute approximate surface area is 97.5 Å². The van der Waals surface area contributed by atoms with E-state index in [1.54, 1.807) is 17.4 Å². The zero-order valence-corrected chi connectivity index (χ0v) is 9.28. The molecule has 1 N–H and O–H groups in total. The molecule has 0 fully saturated rings. The number of benzene rings is 1. The molecule has 2 nitrogen and oxygen atoms in total. The molecule has 0 unspecified atom stereocenters. The Morgan fingerprint density at radius 1 is 1.25 bits per heavy atom. The van der Waals surface area contributed by atoms with E-state index in [1.807, 2.05) is 41.1 Å². The van der Waals surface area contributed by atoms with Gasteiger partial charge in [-0.1, -0.05) is 24.3 Å². The highest BCUT2D eigenvalue weighted by Crippen LogP contribution is 2.26. The van der Waals surface area contributed by atoms with E-state index in [0.717, 1.165) is 22.8 Å². The van der Waals surface area contributed by atoms with Crippen molar-refractivity contribution in [3.05, 3.63) is 52.7 Å². The van der Waals surface area contributed by atoms with Gasteiger partial charge in [-0.05, 0) is 39.6 Å². The molecule has 0 bridgehead atoms. The lowest BCUT2D eigenvalue weighted by atomic mass is 10.0. The van der Waals surface area contributed by atoms with Crippen molar-refractivity contribution in [1.82, 2.24) is 0 Å². The molecule has 0 atom stereocenters. The van der Waals surface area contributed by atoms with Crippen LogP contribution in [0.1, 0.15) is 5.56 Å². The molecular weight excluding hydrogens is 220 g/mol. The smallest absolute Gasteiger partial charge is 0.328 e. The summed E-state index contributed by atoms with van der Waals surface area (Å²) in [4.78, 5) is 10.5. The van der Waals surface area contributed by atoms with Crippen molar-refractivity contribution in [3.8, 4) is 11.1 Å². The van der Waals surface area contributed by atoms with Crippen molar-refractivity contribution < 1.29 is 9.90 Å². The van der Waals surface area contributed by atoms with Crippen LogP contribution in [0.2, 0.25) is 0 Å². The highest BCUT2D eigenvalue weighted by atomic mass is 32.1. The van der Waals surface area contributed by atoms with Crippen LogP contribution in [-0.2, 0) is 4.79 Å². The molecule has 1 aromatic carbocycles. The Hall–Kier alpha value is -1.87. The minimum atomic E-state index is -0.930. The van der Waals surface area contributed by atoms with Crippen LogP contribution in [-0.4, -0.2) is 11.1 Å². The third-order valence-corrected chi connectivity index (χ3v) is 2.88. The molecular formula is C13H10O2S. The molecule has 0 amide bonds. The largest absolute Gasteiger partial charge is 0.478 e. The molecule has 0 aliphatic rings. The Kier molecular flexibility index (Phi) is 3.17. The summed E-state index contributed by atoms with van der Waals surface area (Å²) in [5, 5.41) is 12.7. The first-order valence-corrected chi connectivity index (χ1v) is 5.74. The van der Waals surface area contributed by atoms with Crippen molar-refractivity contribution >= 4 is 23.4 Å². The maximum absolute atomic E-state index is 10.5. The van der Waals surface area contributed by atoms with Gasteiger partial charge in [-0.3, -0.25) is 0 Å². The van der Waals surface area contributed by atoms with Gasteiger partial charge in [0.15, 0.2) is 0 Å². The fraction of sp³-hybridized carbons (Fsp3) is 0. The minimum Gasteiger partial charge on any atom is -0.478 e. The van der Waals surface area contributed by atoms with Gasteiger partial charge in [0.2, 0.25) is 0 Å². The topological polar surface area (TPSA) is 37.3 Å². The Morgan fingerprint density at radius 2 is 2.06 bits per heavy atom.